The summed E-state index contributed by atoms with van der Waals surface area (Å²) in [5.41, 5.74) is 2.05. The van der Waals surface area contributed by atoms with Crippen LogP contribution in [0.2, 0.25) is 0 Å². The van der Waals surface area contributed by atoms with Crippen molar-refractivity contribution in [3.8, 4) is 5.75 Å². The molecule has 3 aromatic rings. The summed E-state index contributed by atoms with van der Waals surface area (Å²) in [6.45, 7) is 3.00. The Kier molecular flexibility index (Phi) is 4.86. The third-order valence-electron chi connectivity index (χ3n) is 4.82. The molecule has 0 bridgehead atoms. The van der Waals surface area contributed by atoms with E-state index in [0.29, 0.717) is 38.5 Å². The van der Waals surface area contributed by atoms with Gasteiger partial charge in [-0.3, -0.25) is 4.90 Å². The summed E-state index contributed by atoms with van der Waals surface area (Å²) in [4.78, 5) is 2.51. The van der Waals surface area contributed by atoms with Crippen LogP contribution in [-0.2, 0) is 16.6 Å². The molecular weight excluding hydrogens is 364 g/mol. The first kappa shape index (κ1) is 18.0. The number of ether oxygens (including phenoxy) is 1. The van der Waals surface area contributed by atoms with Crippen LogP contribution in [0.5, 0.6) is 5.75 Å². The van der Waals surface area contributed by atoms with Gasteiger partial charge in [0.2, 0.25) is 10.0 Å². The van der Waals surface area contributed by atoms with Gasteiger partial charge in [0.25, 0.3) is 0 Å². The van der Waals surface area contributed by atoms with E-state index in [2.05, 4.69) is 16.1 Å². The quantitative estimate of drug-likeness (QED) is 0.670. The SMILES string of the molecule is COc1cccc(S(=O)(=O)N2CCN(Cc3cc4ccccn4n3)CC2)c1. The predicted octanol–water partition coefficient (Wildman–Crippen LogP) is 1.85. The van der Waals surface area contributed by atoms with E-state index in [0.717, 1.165) is 11.2 Å². The van der Waals surface area contributed by atoms with Crippen molar-refractivity contribution in [3.05, 3.63) is 60.4 Å². The Morgan fingerprint density at radius 3 is 2.59 bits per heavy atom. The van der Waals surface area contributed by atoms with Crippen molar-refractivity contribution in [2.45, 2.75) is 11.4 Å². The average molecular weight is 386 g/mol. The van der Waals surface area contributed by atoms with Gasteiger partial charge < -0.3 is 4.74 Å². The highest BCUT2D eigenvalue weighted by Crippen LogP contribution is 2.22. The van der Waals surface area contributed by atoms with Crippen LogP contribution in [-0.4, -0.2) is 60.5 Å². The summed E-state index contributed by atoms with van der Waals surface area (Å²) in [6, 6.07) is 14.7. The first-order valence-electron chi connectivity index (χ1n) is 8.86. The van der Waals surface area contributed by atoms with Gasteiger partial charge in [-0.1, -0.05) is 12.1 Å². The zero-order valence-electron chi connectivity index (χ0n) is 15.2. The highest BCUT2D eigenvalue weighted by Gasteiger charge is 2.29. The molecule has 1 aliphatic heterocycles. The standard InChI is InChI=1S/C19H22N4O3S/c1-26-18-6-4-7-19(14-18)27(24,25)22-11-9-21(10-12-22)15-16-13-17-5-2-3-8-23(17)20-16/h2-8,13-14H,9-12,15H2,1H3. The van der Waals surface area contributed by atoms with Crippen LogP contribution in [0.4, 0.5) is 0 Å². The topological polar surface area (TPSA) is 67.2 Å². The van der Waals surface area contributed by atoms with Crippen molar-refractivity contribution >= 4 is 15.5 Å². The molecule has 1 aliphatic rings. The molecule has 0 atom stereocenters. The third-order valence-corrected chi connectivity index (χ3v) is 6.71. The molecule has 0 radical (unpaired) electrons. The van der Waals surface area contributed by atoms with Gasteiger partial charge in [-0.2, -0.15) is 9.40 Å². The third kappa shape index (κ3) is 3.69. The number of methoxy groups -OCH3 is 1. The van der Waals surface area contributed by atoms with Crippen LogP contribution in [0.25, 0.3) is 5.52 Å². The lowest BCUT2D eigenvalue weighted by Crippen LogP contribution is -2.48. The number of aromatic nitrogens is 2. The number of piperazine rings is 1. The highest BCUT2D eigenvalue weighted by atomic mass is 32.2. The molecule has 1 aromatic carbocycles. The number of hydrogen-bond donors (Lipinski definition) is 0. The van der Waals surface area contributed by atoms with Gasteiger partial charge in [0.1, 0.15) is 5.75 Å². The Balaban J connectivity index is 1.42. The van der Waals surface area contributed by atoms with Gasteiger partial charge >= 0.3 is 0 Å². The van der Waals surface area contributed by atoms with Gasteiger partial charge in [-0.15, -0.1) is 0 Å². The molecule has 0 saturated carbocycles. The average Bonchev–Trinajstić information content (AvgIpc) is 3.10. The molecule has 0 N–H and O–H groups in total. The van der Waals surface area contributed by atoms with Gasteiger partial charge in [0.15, 0.2) is 0 Å². The summed E-state index contributed by atoms with van der Waals surface area (Å²) in [7, 11) is -1.97. The molecule has 4 rings (SSSR count). The second-order valence-electron chi connectivity index (χ2n) is 6.56. The van der Waals surface area contributed by atoms with E-state index in [1.54, 1.807) is 28.6 Å². The van der Waals surface area contributed by atoms with Crippen molar-refractivity contribution in [1.29, 1.82) is 0 Å². The van der Waals surface area contributed by atoms with Crippen LogP contribution >= 0.6 is 0 Å². The normalized spacial score (nSPS) is 16.6. The van der Waals surface area contributed by atoms with Gasteiger partial charge in [0, 0.05) is 45.0 Å². The lowest BCUT2D eigenvalue weighted by atomic mass is 10.3. The maximum atomic E-state index is 12.9. The minimum Gasteiger partial charge on any atom is -0.497 e. The van der Waals surface area contributed by atoms with E-state index in [4.69, 9.17) is 4.74 Å². The zero-order valence-corrected chi connectivity index (χ0v) is 16.0. The lowest BCUT2D eigenvalue weighted by Gasteiger charge is -2.33. The Morgan fingerprint density at radius 1 is 1.04 bits per heavy atom. The van der Waals surface area contributed by atoms with Gasteiger partial charge in [0.05, 0.1) is 23.2 Å². The molecule has 3 heterocycles. The van der Waals surface area contributed by atoms with Gasteiger partial charge in [-0.25, -0.2) is 12.9 Å². The molecular formula is C19H22N4O3S. The van der Waals surface area contributed by atoms with E-state index in [-0.39, 0.29) is 4.90 Å². The number of nitrogens with zero attached hydrogens (tertiary/aromatic N) is 4. The first-order chi connectivity index (χ1) is 13.1. The lowest BCUT2D eigenvalue weighted by molar-refractivity contribution is 0.180. The molecule has 0 amide bonds. The fourth-order valence-corrected chi connectivity index (χ4v) is 4.79. The second kappa shape index (κ2) is 7.30. The molecule has 2 aromatic heterocycles. The number of rotatable bonds is 5. The number of pyridine rings is 1. The number of sulfonamides is 1. The Hall–Kier alpha value is -2.42. The summed E-state index contributed by atoms with van der Waals surface area (Å²) in [5, 5.41) is 4.57. The van der Waals surface area contributed by atoms with Crippen molar-refractivity contribution in [2.24, 2.45) is 0 Å². The molecule has 1 fully saturated rings. The maximum Gasteiger partial charge on any atom is 0.243 e. The summed E-state index contributed by atoms with van der Waals surface area (Å²) in [5.74, 6) is 0.543. The Bertz CT molecular complexity index is 1010. The van der Waals surface area contributed by atoms with E-state index in [9.17, 15) is 8.42 Å². The molecule has 7 nitrogen and oxygen atoms in total. The Labute approximate surface area is 158 Å². The van der Waals surface area contributed by atoms with Crippen molar-refractivity contribution in [3.63, 3.8) is 0 Å². The fourth-order valence-electron chi connectivity index (χ4n) is 3.34. The monoisotopic (exact) mass is 386 g/mol. The fraction of sp³-hybridized carbons (Fsp3) is 0.316. The minimum absolute atomic E-state index is 0.274. The molecule has 0 spiro atoms. The summed E-state index contributed by atoms with van der Waals surface area (Å²) in [6.07, 6.45) is 1.93. The van der Waals surface area contributed by atoms with Crippen molar-refractivity contribution in [2.75, 3.05) is 33.3 Å². The van der Waals surface area contributed by atoms with Crippen molar-refractivity contribution in [1.82, 2.24) is 18.8 Å². The van der Waals surface area contributed by atoms with E-state index < -0.39 is 10.0 Å². The molecule has 1 saturated heterocycles. The number of fused-ring (bicyclic) bond motifs is 1. The summed E-state index contributed by atoms with van der Waals surface area (Å²) >= 11 is 0. The number of benzene rings is 1. The smallest absolute Gasteiger partial charge is 0.243 e. The van der Waals surface area contributed by atoms with Crippen LogP contribution in [0.15, 0.2) is 59.6 Å². The van der Waals surface area contributed by atoms with E-state index in [1.807, 2.05) is 28.9 Å². The van der Waals surface area contributed by atoms with Crippen LogP contribution in [0, 0.1) is 0 Å². The second-order valence-corrected chi connectivity index (χ2v) is 8.50. The van der Waals surface area contributed by atoms with Gasteiger partial charge in [-0.05, 0) is 30.3 Å². The van der Waals surface area contributed by atoms with E-state index >= 15 is 0 Å². The Morgan fingerprint density at radius 2 is 1.85 bits per heavy atom. The molecule has 8 heteroatoms. The van der Waals surface area contributed by atoms with Crippen LogP contribution in [0.3, 0.4) is 0 Å². The predicted molar refractivity (Wildman–Crippen MR) is 102 cm³/mol. The van der Waals surface area contributed by atoms with Crippen molar-refractivity contribution < 1.29 is 13.2 Å². The number of hydrogen-bond acceptors (Lipinski definition) is 5. The molecule has 27 heavy (non-hydrogen) atoms. The van der Waals surface area contributed by atoms with E-state index in [1.165, 1.54) is 7.11 Å². The highest BCUT2D eigenvalue weighted by molar-refractivity contribution is 7.89. The summed E-state index contributed by atoms with van der Waals surface area (Å²) < 4.78 is 34.3. The first-order valence-corrected chi connectivity index (χ1v) is 10.3. The van der Waals surface area contributed by atoms with Crippen LogP contribution in [0.1, 0.15) is 5.69 Å². The zero-order chi connectivity index (χ0) is 18.9. The van der Waals surface area contributed by atoms with Crippen LogP contribution < -0.4 is 4.74 Å². The molecule has 142 valence electrons. The molecule has 0 unspecified atom stereocenters. The molecule has 0 aliphatic carbocycles. The maximum absolute atomic E-state index is 12.9. The largest absolute Gasteiger partial charge is 0.497 e. The minimum atomic E-state index is -3.50.